The summed E-state index contributed by atoms with van der Waals surface area (Å²) >= 11 is 3.83. The summed E-state index contributed by atoms with van der Waals surface area (Å²) in [6.07, 6.45) is 0. The first kappa shape index (κ1) is 15.3. The molecule has 1 N–H and O–H groups in total. The summed E-state index contributed by atoms with van der Waals surface area (Å²) in [5.41, 5.74) is 1.74. The van der Waals surface area contributed by atoms with Gasteiger partial charge >= 0.3 is 5.97 Å². The third-order valence-electron chi connectivity index (χ3n) is 3.31. The second kappa shape index (κ2) is 6.54. The molecule has 1 atom stereocenters. The Kier molecular flexibility index (Phi) is 4.99. The Labute approximate surface area is 126 Å². The second-order valence-corrected chi connectivity index (χ2v) is 7.35. The standard InChI is InChI=1S/C14H17NO3S2/c1-9(13(17)18)15(2)12(16)10-3-5-11(6-4-10)14-19-7-8-20-14/h3-6,9,14H,7-8H2,1-2H3,(H,17,18). The minimum Gasteiger partial charge on any atom is -0.480 e. The van der Waals surface area contributed by atoms with E-state index >= 15 is 0 Å². The van der Waals surface area contributed by atoms with Gasteiger partial charge in [-0.1, -0.05) is 12.1 Å². The fourth-order valence-corrected chi connectivity index (χ4v) is 4.74. The first-order chi connectivity index (χ1) is 9.50. The molecule has 0 spiro atoms. The van der Waals surface area contributed by atoms with Crippen LogP contribution in [0.25, 0.3) is 0 Å². The van der Waals surface area contributed by atoms with E-state index < -0.39 is 12.0 Å². The lowest BCUT2D eigenvalue weighted by Gasteiger charge is -2.21. The molecule has 0 bridgehead atoms. The fraction of sp³-hybridized carbons (Fsp3) is 0.429. The van der Waals surface area contributed by atoms with Crippen molar-refractivity contribution < 1.29 is 14.7 Å². The van der Waals surface area contributed by atoms with Crippen LogP contribution in [0.5, 0.6) is 0 Å². The lowest BCUT2D eigenvalue weighted by atomic mass is 10.1. The van der Waals surface area contributed by atoms with Gasteiger partial charge in [-0.05, 0) is 24.6 Å². The van der Waals surface area contributed by atoms with Crippen LogP contribution in [0.3, 0.4) is 0 Å². The van der Waals surface area contributed by atoms with Crippen molar-refractivity contribution in [3.8, 4) is 0 Å². The summed E-state index contributed by atoms with van der Waals surface area (Å²) in [5.74, 6) is 1.05. The normalized spacial score (nSPS) is 16.9. The van der Waals surface area contributed by atoms with Gasteiger partial charge in [0.15, 0.2) is 0 Å². The summed E-state index contributed by atoms with van der Waals surface area (Å²) in [6, 6.07) is 6.65. The van der Waals surface area contributed by atoms with E-state index in [4.69, 9.17) is 5.11 Å². The van der Waals surface area contributed by atoms with E-state index in [0.29, 0.717) is 10.1 Å². The molecule has 0 aliphatic carbocycles. The van der Waals surface area contributed by atoms with Gasteiger partial charge in [0.1, 0.15) is 6.04 Å². The zero-order valence-corrected chi connectivity index (χ0v) is 13.0. The minimum absolute atomic E-state index is 0.266. The van der Waals surface area contributed by atoms with Gasteiger partial charge in [-0.25, -0.2) is 4.79 Å². The highest BCUT2D eigenvalue weighted by Gasteiger charge is 2.23. The van der Waals surface area contributed by atoms with Gasteiger partial charge in [0.25, 0.3) is 5.91 Å². The average molecular weight is 311 g/mol. The molecule has 108 valence electrons. The number of carboxylic acid groups (broad SMARTS) is 1. The molecule has 2 rings (SSSR count). The Hall–Kier alpha value is -1.14. The predicted molar refractivity (Wildman–Crippen MR) is 83.3 cm³/mol. The molecule has 1 amide bonds. The van der Waals surface area contributed by atoms with Gasteiger partial charge in [0.05, 0.1) is 4.58 Å². The van der Waals surface area contributed by atoms with E-state index in [0.717, 1.165) is 11.5 Å². The van der Waals surface area contributed by atoms with Crippen LogP contribution in [-0.2, 0) is 4.79 Å². The number of nitrogens with zero attached hydrogens (tertiary/aromatic N) is 1. The zero-order chi connectivity index (χ0) is 14.7. The maximum absolute atomic E-state index is 12.2. The summed E-state index contributed by atoms with van der Waals surface area (Å²) in [6.45, 7) is 1.50. The maximum Gasteiger partial charge on any atom is 0.326 e. The largest absolute Gasteiger partial charge is 0.480 e. The summed E-state index contributed by atoms with van der Waals surface area (Å²) < 4.78 is 0.454. The molecule has 1 aromatic carbocycles. The number of amides is 1. The predicted octanol–water partition coefficient (Wildman–Crippen LogP) is 2.71. The molecule has 1 unspecified atom stereocenters. The van der Waals surface area contributed by atoms with Crippen molar-refractivity contribution in [1.82, 2.24) is 4.90 Å². The number of aliphatic carboxylic acids is 1. The van der Waals surface area contributed by atoms with Crippen molar-refractivity contribution in [2.75, 3.05) is 18.6 Å². The zero-order valence-electron chi connectivity index (χ0n) is 11.4. The van der Waals surface area contributed by atoms with Crippen molar-refractivity contribution in [3.05, 3.63) is 35.4 Å². The molecule has 1 aromatic rings. The molecule has 0 saturated carbocycles. The van der Waals surface area contributed by atoms with Crippen LogP contribution in [-0.4, -0.2) is 46.5 Å². The molecule has 1 saturated heterocycles. The number of likely N-dealkylation sites (N-methyl/N-ethyl adjacent to an activating group) is 1. The van der Waals surface area contributed by atoms with Gasteiger partial charge in [0.2, 0.25) is 0 Å². The Morgan fingerprint density at radius 2 is 1.80 bits per heavy atom. The van der Waals surface area contributed by atoms with E-state index in [9.17, 15) is 9.59 Å². The van der Waals surface area contributed by atoms with Crippen molar-refractivity contribution in [3.63, 3.8) is 0 Å². The summed E-state index contributed by atoms with van der Waals surface area (Å²) in [7, 11) is 1.51. The SMILES string of the molecule is CC(C(=O)O)N(C)C(=O)c1ccc(C2SCCS2)cc1. The summed E-state index contributed by atoms with van der Waals surface area (Å²) in [5, 5.41) is 8.94. The van der Waals surface area contributed by atoms with Gasteiger partial charge in [-0.3, -0.25) is 4.79 Å². The van der Waals surface area contributed by atoms with Crippen LogP contribution in [0.4, 0.5) is 0 Å². The monoisotopic (exact) mass is 311 g/mol. The topological polar surface area (TPSA) is 57.6 Å². The Balaban J connectivity index is 2.09. The molecule has 20 heavy (non-hydrogen) atoms. The molecule has 1 aliphatic heterocycles. The number of thioether (sulfide) groups is 2. The Morgan fingerprint density at radius 1 is 1.25 bits per heavy atom. The van der Waals surface area contributed by atoms with E-state index in [-0.39, 0.29) is 5.91 Å². The molecule has 0 aromatic heterocycles. The molecule has 6 heteroatoms. The number of hydrogen-bond acceptors (Lipinski definition) is 4. The van der Waals surface area contributed by atoms with Crippen molar-refractivity contribution in [2.24, 2.45) is 0 Å². The molecular weight excluding hydrogens is 294 g/mol. The van der Waals surface area contributed by atoms with E-state index in [1.807, 2.05) is 35.7 Å². The van der Waals surface area contributed by atoms with E-state index in [1.54, 1.807) is 12.1 Å². The van der Waals surface area contributed by atoms with Crippen LogP contribution < -0.4 is 0 Å². The van der Waals surface area contributed by atoms with Gasteiger partial charge in [-0.15, -0.1) is 23.5 Å². The van der Waals surface area contributed by atoms with E-state index in [1.165, 1.54) is 24.4 Å². The van der Waals surface area contributed by atoms with Crippen molar-refractivity contribution >= 4 is 35.4 Å². The number of carboxylic acids is 1. The Bertz CT molecular complexity index is 498. The van der Waals surface area contributed by atoms with Crippen LogP contribution in [0, 0.1) is 0 Å². The lowest BCUT2D eigenvalue weighted by molar-refractivity contribution is -0.141. The Morgan fingerprint density at radius 3 is 2.30 bits per heavy atom. The van der Waals surface area contributed by atoms with Crippen LogP contribution in [0.2, 0.25) is 0 Å². The maximum atomic E-state index is 12.2. The molecule has 4 nitrogen and oxygen atoms in total. The fourth-order valence-electron chi connectivity index (χ4n) is 1.88. The molecule has 1 fully saturated rings. The van der Waals surface area contributed by atoms with Gasteiger partial charge < -0.3 is 10.0 Å². The highest BCUT2D eigenvalue weighted by atomic mass is 32.2. The first-order valence-corrected chi connectivity index (χ1v) is 8.43. The van der Waals surface area contributed by atoms with E-state index in [2.05, 4.69) is 0 Å². The summed E-state index contributed by atoms with van der Waals surface area (Å²) in [4.78, 5) is 24.3. The third kappa shape index (κ3) is 3.30. The molecule has 0 radical (unpaired) electrons. The smallest absolute Gasteiger partial charge is 0.326 e. The number of rotatable bonds is 4. The minimum atomic E-state index is -1.00. The van der Waals surface area contributed by atoms with Crippen LogP contribution in [0.1, 0.15) is 27.4 Å². The quantitative estimate of drug-likeness (QED) is 0.926. The molecular formula is C14H17NO3S2. The average Bonchev–Trinajstić information content (AvgIpc) is 2.99. The van der Waals surface area contributed by atoms with Crippen LogP contribution >= 0.6 is 23.5 Å². The van der Waals surface area contributed by atoms with Crippen molar-refractivity contribution in [2.45, 2.75) is 17.5 Å². The number of carbonyl (C=O) groups is 2. The van der Waals surface area contributed by atoms with Crippen molar-refractivity contribution in [1.29, 1.82) is 0 Å². The molecule has 1 aliphatic rings. The van der Waals surface area contributed by atoms with Crippen LogP contribution in [0.15, 0.2) is 24.3 Å². The lowest BCUT2D eigenvalue weighted by Crippen LogP contribution is -2.40. The third-order valence-corrected chi connectivity index (χ3v) is 6.41. The first-order valence-electron chi connectivity index (χ1n) is 6.34. The number of hydrogen-bond donors (Lipinski definition) is 1. The van der Waals surface area contributed by atoms with Gasteiger partial charge in [-0.2, -0.15) is 0 Å². The highest BCUT2D eigenvalue weighted by molar-refractivity contribution is 8.19. The number of carbonyl (C=O) groups excluding carboxylic acids is 1. The highest BCUT2D eigenvalue weighted by Crippen LogP contribution is 2.45. The van der Waals surface area contributed by atoms with Gasteiger partial charge in [0, 0.05) is 24.1 Å². The second-order valence-electron chi connectivity index (χ2n) is 4.63. The molecule has 1 heterocycles. The number of benzene rings is 1.